The van der Waals surface area contributed by atoms with Crippen LogP contribution in [0.1, 0.15) is 25.8 Å². The first-order valence-corrected chi connectivity index (χ1v) is 6.04. The Bertz CT molecular complexity index is 312. The molecule has 0 aliphatic carbocycles. The molecule has 0 aromatic heterocycles. The van der Waals surface area contributed by atoms with Crippen molar-refractivity contribution in [1.82, 2.24) is 0 Å². The molecule has 0 amide bonds. The summed E-state index contributed by atoms with van der Waals surface area (Å²) in [6.45, 7) is 5.70. The average molecular weight is 272 g/mol. The maximum atomic E-state index is 5.66. The zero-order valence-corrected chi connectivity index (χ0v) is 10.9. The van der Waals surface area contributed by atoms with Gasteiger partial charge in [-0.25, -0.2) is 0 Å². The summed E-state index contributed by atoms with van der Waals surface area (Å²) in [4.78, 5) is 0. The Kier molecular flexibility index (Phi) is 5.12. The monoisotopic (exact) mass is 271 g/mol. The first kappa shape index (κ1) is 12.5. The van der Waals surface area contributed by atoms with Crippen molar-refractivity contribution < 1.29 is 4.74 Å². The van der Waals surface area contributed by atoms with Crippen LogP contribution in [-0.2, 0) is 6.54 Å². The van der Waals surface area contributed by atoms with Crippen LogP contribution in [0.3, 0.4) is 0 Å². The highest BCUT2D eigenvalue weighted by Gasteiger charge is 2.02. The summed E-state index contributed by atoms with van der Waals surface area (Å²) in [5, 5.41) is 0. The molecule has 2 N–H and O–H groups in total. The topological polar surface area (TPSA) is 35.2 Å². The molecule has 0 fully saturated rings. The normalized spacial score (nSPS) is 10.7. The lowest BCUT2D eigenvalue weighted by Crippen LogP contribution is -2.02. The number of hydrogen-bond donors (Lipinski definition) is 1. The van der Waals surface area contributed by atoms with Crippen molar-refractivity contribution in [3.8, 4) is 5.75 Å². The molecule has 84 valence electrons. The molecule has 0 aliphatic heterocycles. The Hall–Kier alpha value is -0.540. The molecular weight excluding hydrogens is 254 g/mol. The molecule has 0 saturated heterocycles. The number of rotatable bonds is 5. The second kappa shape index (κ2) is 6.13. The van der Waals surface area contributed by atoms with Gasteiger partial charge in [-0.1, -0.05) is 19.9 Å². The highest BCUT2D eigenvalue weighted by atomic mass is 79.9. The summed E-state index contributed by atoms with van der Waals surface area (Å²) in [7, 11) is 0. The van der Waals surface area contributed by atoms with Crippen molar-refractivity contribution in [2.45, 2.75) is 26.8 Å². The number of ether oxygens (including phenoxy) is 1. The van der Waals surface area contributed by atoms with Crippen LogP contribution in [0.25, 0.3) is 0 Å². The van der Waals surface area contributed by atoms with Crippen LogP contribution in [0.5, 0.6) is 5.75 Å². The van der Waals surface area contributed by atoms with E-state index in [1.165, 1.54) is 0 Å². The second-order valence-electron chi connectivity index (χ2n) is 4.00. The average Bonchev–Trinajstić information content (AvgIpc) is 2.20. The highest BCUT2D eigenvalue weighted by molar-refractivity contribution is 9.10. The first-order chi connectivity index (χ1) is 7.13. The zero-order chi connectivity index (χ0) is 11.3. The molecule has 0 radical (unpaired) electrons. The standard InChI is InChI=1S/C12H18BrNO/c1-9(2)5-6-15-12-4-3-10(8-14)7-11(12)13/h3-4,7,9H,5-6,8,14H2,1-2H3. The van der Waals surface area contributed by atoms with Crippen molar-refractivity contribution in [3.05, 3.63) is 28.2 Å². The zero-order valence-electron chi connectivity index (χ0n) is 9.29. The van der Waals surface area contributed by atoms with Crippen LogP contribution in [0, 0.1) is 5.92 Å². The van der Waals surface area contributed by atoms with Gasteiger partial charge in [-0.2, -0.15) is 0 Å². The lowest BCUT2D eigenvalue weighted by atomic mass is 10.1. The SMILES string of the molecule is CC(C)CCOc1ccc(CN)cc1Br. The smallest absolute Gasteiger partial charge is 0.133 e. The summed E-state index contributed by atoms with van der Waals surface area (Å²) in [5.74, 6) is 1.57. The van der Waals surface area contributed by atoms with E-state index in [4.69, 9.17) is 10.5 Å². The van der Waals surface area contributed by atoms with Gasteiger partial charge >= 0.3 is 0 Å². The lowest BCUT2D eigenvalue weighted by molar-refractivity contribution is 0.288. The fraction of sp³-hybridized carbons (Fsp3) is 0.500. The third-order valence-electron chi connectivity index (χ3n) is 2.18. The van der Waals surface area contributed by atoms with Crippen molar-refractivity contribution in [2.75, 3.05) is 6.61 Å². The van der Waals surface area contributed by atoms with Gasteiger partial charge in [0.15, 0.2) is 0 Å². The molecule has 0 heterocycles. The third kappa shape index (κ3) is 4.22. The Balaban J connectivity index is 2.54. The molecular formula is C12H18BrNO. The maximum Gasteiger partial charge on any atom is 0.133 e. The predicted molar refractivity (Wildman–Crippen MR) is 67.0 cm³/mol. The first-order valence-electron chi connectivity index (χ1n) is 5.24. The van der Waals surface area contributed by atoms with E-state index in [9.17, 15) is 0 Å². The van der Waals surface area contributed by atoms with Gasteiger partial charge in [-0.05, 0) is 46.0 Å². The predicted octanol–water partition coefficient (Wildman–Crippen LogP) is 3.33. The van der Waals surface area contributed by atoms with Gasteiger partial charge in [0, 0.05) is 6.54 Å². The van der Waals surface area contributed by atoms with Crippen LogP contribution in [0.2, 0.25) is 0 Å². The minimum atomic E-state index is 0.560. The molecule has 0 bridgehead atoms. The number of hydrogen-bond acceptors (Lipinski definition) is 2. The Labute approximate surface area is 99.9 Å². The van der Waals surface area contributed by atoms with E-state index in [1.807, 2.05) is 18.2 Å². The van der Waals surface area contributed by atoms with Gasteiger partial charge in [0.2, 0.25) is 0 Å². The largest absolute Gasteiger partial charge is 0.492 e. The number of nitrogens with two attached hydrogens (primary N) is 1. The Morgan fingerprint density at radius 3 is 2.67 bits per heavy atom. The Morgan fingerprint density at radius 2 is 2.13 bits per heavy atom. The minimum Gasteiger partial charge on any atom is -0.492 e. The molecule has 3 heteroatoms. The van der Waals surface area contributed by atoms with Crippen LogP contribution in [0.4, 0.5) is 0 Å². The summed E-state index contributed by atoms with van der Waals surface area (Å²) in [6.07, 6.45) is 1.07. The summed E-state index contributed by atoms with van der Waals surface area (Å²) in [6, 6.07) is 5.97. The van der Waals surface area contributed by atoms with E-state index in [0.717, 1.165) is 28.8 Å². The van der Waals surface area contributed by atoms with Crippen LogP contribution >= 0.6 is 15.9 Å². The van der Waals surface area contributed by atoms with Crippen LogP contribution < -0.4 is 10.5 Å². The molecule has 15 heavy (non-hydrogen) atoms. The van der Waals surface area contributed by atoms with Crippen molar-refractivity contribution >= 4 is 15.9 Å². The molecule has 0 atom stereocenters. The third-order valence-corrected chi connectivity index (χ3v) is 2.80. The van der Waals surface area contributed by atoms with Crippen molar-refractivity contribution in [3.63, 3.8) is 0 Å². The van der Waals surface area contributed by atoms with E-state index >= 15 is 0 Å². The Morgan fingerprint density at radius 1 is 1.40 bits per heavy atom. The summed E-state index contributed by atoms with van der Waals surface area (Å²) < 4.78 is 6.64. The summed E-state index contributed by atoms with van der Waals surface area (Å²) >= 11 is 3.47. The second-order valence-corrected chi connectivity index (χ2v) is 4.85. The summed E-state index contributed by atoms with van der Waals surface area (Å²) in [5.41, 5.74) is 6.66. The molecule has 0 spiro atoms. The molecule has 0 aliphatic rings. The van der Waals surface area contributed by atoms with E-state index in [0.29, 0.717) is 12.5 Å². The quantitative estimate of drug-likeness (QED) is 0.892. The maximum absolute atomic E-state index is 5.66. The number of halogens is 1. The van der Waals surface area contributed by atoms with Gasteiger partial charge < -0.3 is 10.5 Å². The van der Waals surface area contributed by atoms with Gasteiger partial charge in [-0.3, -0.25) is 0 Å². The van der Waals surface area contributed by atoms with Crippen molar-refractivity contribution in [1.29, 1.82) is 0 Å². The van der Waals surface area contributed by atoms with Crippen LogP contribution in [-0.4, -0.2) is 6.61 Å². The van der Waals surface area contributed by atoms with Crippen LogP contribution in [0.15, 0.2) is 22.7 Å². The van der Waals surface area contributed by atoms with E-state index in [-0.39, 0.29) is 0 Å². The fourth-order valence-corrected chi connectivity index (χ4v) is 1.73. The van der Waals surface area contributed by atoms with E-state index < -0.39 is 0 Å². The van der Waals surface area contributed by atoms with Gasteiger partial charge in [-0.15, -0.1) is 0 Å². The van der Waals surface area contributed by atoms with E-state index in [1.54, 1.807) is 0 Å². The van der Waals surface area contributed by atoms with Gasteiger partial charge in [0.25, 0.3) is 0 Å². The number of benzene rings is 1. The molecule has 2 nitrogen and oxygen atoms in total. The lowest BCUT2D eigenvalue weighted by Gasteiger charge is -2.10. The molecule has 1 aromatic carbocycles. The van der Waals surface area contributed by atoms with E-state index in [2.05, 4.69) is 29.8 Å². The molecule has 0 unspecified atom stereocenters. The highest BCUT2D eigenvalue weighted by Crippen LogP contribution is 2.26. The van der Waals surface area contributed by atoms with Gasteiger partial charge in [0.1, 0.15) is 5.75 Å². The molecule has 1 rings (SSSR count). The molecule has 1 aromatic rings. The van der Waals surface area contributed by atoms with Gasteiger partial charge in [0.05, 0.1) is 11.1 Å². The minimum absolute atomic E-state index is 0.560. The molecule has 0 saturated carbocycles. The van der Waals surface area contributed by atoms with Crippen molar-refractivity contribution in [2.24, 2.45) is 11.7 Å². The fourth-order valence-electron chi connectivity index (χ4n) is 1.19.